The molecule has 82 valence electrons. The predicted molar refractivity (Wildman–Crippen MR) is 72.5 cm³/mol. The second kappa shape index (κ2) is 4.49. The van der Waals surface area contributed by atoms with Gasteiger partial charge in [-0.3, -0.25) is 0 Å². The van der Waals surface area contributed by atoms with E-state index in [-0.39, 0.29) is 0 Å². The van der Waals surface area contributed by atoms with Crippen LogP contribution in [0, 0.1) is 0 Å². The Morgan fingerprint density at radius 1 is 0.875 bits per heavy atom. The summed E-state index contributed by atoms with van der Waals surface area (Å²) >= 11 is 1.72. The molecule has 2 aromatic carbocycles. The molecule has 0 fully saturated rings. The monoisotopic (exact) mass is 230 g/mol. The topological polar surface area (TPSA) is 52.0 Å². The van der Waals surface area contributed by atoms with E-state index in [1.165, 1.54) is 4.90 Å². The van der Waals surface area contributed by atoms with Crippen LogP contribution in [0.25, 0.3) is 11.1 Å². The van der Waals surface area contributed by atoms with Crippen LogP contribution in [-0.2, 0) is 0 Å². The molecule has 3 heteroatoms. The molecule has 0 saturated heterocycles. The summed E-state index contributed by atoms with van der Waals surface area (Å²) < 4.78 is 0. The average molecular weight is 230 g/mol. The molecule has 2 nitrogen and oxygen atoms in total. The van der Waals surface area contributed by atoms with E-state index in [0.717, 1.165) is 22.5 Å². The van der Waals surface area contributed by atoms with E-state index in [1.54, 1.807) is 11.8 Å². The van der Waals surface area contributed by atoms with Gasteiger partial charge < -0.3 is 11.5 Å². The van der Waals surface area contributed by atoms with E-state index >= 15 is 0 Å². The Bertz CT molecular complexity index is 492. The third kappa shape index (κ3) is 2.14. The number of thioether (sulfide) groups is 1. The zero-order valence-corrected chi connectivity index (χ0v) is 9.92. The maximum Gasteiger partial charge on any atom is 0.0321 e. The van der Waals surface area contributed by atoms with E-state index in [9.17, 15) is 0 Å². The number of rotatable bonds is 2. The van der Waals surface area contributed by atoms with Gasteiger partial charge in [-0.15, -0.1) is 11.8 Å². The molecule has 0 bridgehead atoms. The van der Waals surface area contributed by atoms with E-state index in [1.807, 2.05) is 42.5 Å². The van der Waals surface area contributed by atoms with Gasteiger partial charge in [0.25, 0.3) is 0 Å². The minimum Gasteiger partial charge on any atom is -0.399 e. The van der Waals surface area contributed by atoms with Crippen molar-refractivity contribution in [2.45, 2.75) is 4.90 Å². The van der Waals surface area contributed by atoms with Crippen LogP contribution >= 0.6 is 11.8 Å². The molecule has 16 heavy (non-hydrogen) atoms. The summed E-state index contributed by atoms with van der Waals surface area (Å²) in [6.07, 6.45) is 2.06. The normalized spacial score (nSPS) is 10.3. The molecule has 0 aliphatic carbocycles. The van der Waals surface area contributed by atoms with Crippen LogP contribution < -0.4 is 11.5 Å². The molecule has 4 N–H and O–H groups in total. The highest BCUT2D eigenvalue weighted by atomic mass is 32.2. The summed E-state index contributed by atoms with van der Waals surface area (Å²) in [5, 5.41) is 0. The van der Waals surface area contributed by atoms with E-state index in [2.05, 4.69) is 6.26 Å². The number of hydrogen-bond acceptors (Lipinski definition) is 3. The number of nitrogens with two attached hydrogens (primary N) is 2. The lowest BCUT2D eigenvalue weighted by Gasteiger charge is -2.08. The number of nitrogen functional groups attached to an aromatic ring is 2. The van der Waals surface area contributed by atoms with Gasteiger partial charge in [-0.25, -0.2) is 0 Å². The first-order valence-electron chi connectivity index (χ1n) is 5.00. The minimum absolute atomic E-state index is 0.776. The van der Waals surface area contributed by atoms with Gasteiger partial charge >= 0.3 is 0 Å². The van der Waals surface area contributed by atoms with Gasteiger partial charge in [0.05, 0.1) is 0 Å². The van der Waals surface area contributed by atoms with E-state index in [4.69, 9.17) is 11.5 Å². The first kappa shape index (κ1) is 10.9. The molecule has 0 amide bonds. The van der Waals surface area contributed by atoms with Crippen molar-refractivity contribution in [3.8, 4) is 11.1 Å². The summed E-state index contributed by atoms with van der Waals surface area (Å²) in [5.74, 6) is 0. The summed E-state index contributed by atoms with van der Waals surface area (Å²) in [7, 11) is 0. The standard InChI is InChI=1S/C13H14N2S/c1-16-13-7-6-11(15)8-12(13)9-2-4-10(14)5-3-9/h2-8H,14-15H2,1H3. The van der Waals surface area contributed by atoms with Gasteiger partial charge in [0, 0.05) is 16.3 Å². The first-order valence-corrected chi connectivity index (χ1v) is 6.22. The maximum absolute atomic E-state index is 5.82. The first-order chi connectivity index (χ1) is 7.70. The Morgan fingerprint density at radius 3 is 2.12 bits per heavy atom. The van der Waals surface area contributed by atoms with Crippen molar-refractivity contribution in [1.82, 2.24) is 0 Å². The number of anilines is 2. The van der Waals surface area contributed by atoms with Crippen LogP contribution in [0.5, 0.6) is 0 Å². The van der Waals surface area contributed by atoms with Gasteiger partial charge in [-0.2, -0.15) is 0 Å². The van der Waals surface area contributed by atoms with Crippen molar-refractivity contribution < 1.29 is 0 Å². The summed E-state index contributed by atoms with van der Waals surface area (Å²) in [5.41, 5.74) is 15.4. The zero-order chi connectivity index (χ0) is 11.5. The largest absolute Gasteiger partial charge is 0.399 e. The summed E-state index contributed by atoms with van der Waals surface area (Å²) in [6.45, 7) is 0. The van der Waals surface area contributed by atoms with Crippen LogP contribution in [0.4, 0.5) is 11.4 Å². The summed E-state index contributed by atoms with van der Waals surface area (Å²) in [4.78, 5) is 1.22. The van der Waals surface area contributed by atoms with E-state index < -0.39 is 0 Å². The quantitative estimate of drug-likeness (QED) is 0.615. The van der Waals surface area contributed by atoms with Crippen molar-refractivity contribution in [2.24, 2.45) is 0 Å². The molecule has 0 unspecified atom stereocenters. The van der Waals surface area contributed by atoms with Gasteiger partial charge in [-0.1, -0.05) is 12.1 Å². The van der Waals surface area contributed by atoms with Crippen molar-refractivity contribution in [3.05, 3.63) is 42.5 Å². The third-order valence-electron chi connectivity index (χ3n) is 2.45. The van der Waals surface area contributed by atoms with Gasteiger partial charge in [0.15, 0.2) is 0 Å². The highest BCUT2D eigenvalue weighted by molar-refractivity contribution is 7.98. The van der Waals surface area contributed by atoms with Crippen molar-refractivity contribution in [3.63, 3.8) is 0 Å². The Hall–Kier alpha value is -1.61. The minimum atomic E-state index is 0.776. The highest BCUT2D eigenvalue weighted by Gasteiger charge is 2.04. The molecular weight excluding hydrogens is 216 g/mol. The molecule has 0 heterocycles. The number of benzene rings is 2. The molecule has 2 aromatic rings. The molecular formula is C13H14N2S. The fraction of sp³-hybridized carbons (Fsp3) is 0.0769. The second-order valence-corrected chi connectivity index (χ2v) is 4.43. The van der Waals surface area contributed by atoms with Gasteiger partial charge in [0.1, 0.15) is 0 Å². The lowest BCUT2D eigenvalue weighted by atomic mass is 10.0. The lowest BCUT2D eigenvalue weighted by molar-refractivity contribution is 1.45. The molecule has 0 spiro atoms. The SMILES string of the molecule is CSc1ccc(N)cc1-c1ccc(N)cc1. The fourth-order valence-electron chi connectivity index (χ4n) is 1.61. The smallest absolute Gasteiger partial charge is 0.0321 e. The maximum atomic E-state index is 5.82. The Labute approximate surface area is 99.7 Å². The molecule has 0 aromatic heterocycles. The van der Waals surface area contributed by atoms with Gasteiger partial charge in [0.2, 0.25) is 0 Å². The van der Waals surface area contributed by atoms with Crippen LogP contribution in [-0.4, -0.2) is 6.26 Å². The lowest BCUT2D eigenvalue weighted by Crippen LogP contribution is -1.89. The molecule has 0 radical (unpaired) electrons. The number of hydrogen-bond donors (Lipinski definition) is 2. The Kier molecular flexibility index (Phi) is 3.06. The van der Waals surface area contributed by atoms with Crippen LogP contribution in [0.2, 0.25) is 0 Å². The molecule has 0 atom stereocenters. The highest BCUT2D eigenvalue weighted by Crippen LogP contribution is 2.32. The van der Waals surface area contributed by atoms with Crippen LogP contribution in [0.1, 0.15) is 0 Å². The Balaban J connectivity index is 2.53. The summed E-state index contributed by atoms with van der Waals surface area (Å²) in [6, 6.07) is 13.8. The zero-order valence-electron chi connectivity index (χ0n) is 9.10. The van der Waals surface area contributed by atoms with Crippen molar-refractivity contribution in [1.29, 1.82) is 0 Å². The second-order valence-electron chi connectivity index (χ2n) is 3.58. The molecule has 0 saturated carbocycles. The van der Waals surface area contributed by atoms with E-state index in [0.29, 0.717) is 0 Å². The Morgan fingerprint density at radius 2 is 1.50 bits per heavy atom. The molecule has 0 aliphatic heterocycles. The van der Waals surface area contributed by atoms with Gasteiger partial charge in [-0.05, 0) is 47.7 Å². The molecule has 0 aliphatic rings. The van der Waals surface area contributed by atoms with Crippen molar-refractivity contribution >= 4 is 23.1 Å². The average Bonchev–Trinajstić information content (AvgIpc) is 2.30. The molecule has 2 rings (SSSR count). The van der Waals surface area contributed by atoms with Crippen LogP contribution in [0.15, 0.2) is 47.4 Å². The van der Waals surface area contributed by atoms with Crippen molar-refractivity contribution in [2.75, 3.05) is 17.7 Å². The van der Waals surface area contributed by atoms with Crippen LogP contribution in [0.3, 0.4) is 0 Å². The predicted octanol–water partition coefficient (Wildman–Crippen LogP) is 3.24. The third-order valence-corrected chi connectivity index (χ3v) is 3.24. The fourth-order valence-corrected chi connectivity index (χ4v) is 2.21.